The predicted molar refractivity (Wildman–Crippen MR) is 73.9 cm³/mol. The van der Waals surface area contributed by atoms with Crippen LogP contribution in [0.15, 0.2) is 36.8 Å². The maximum atomic E-state index is 5.62. The average Bonchev–Trinajstić information content (AvgIpc) is 2.91. The van der Waals surface area contributed by atoms with Gasteiger partial charge in [-0.25, -0.2) is 0 Å². The number of aromatic nitrogens is 3. The first-order chi connectivity index (χ1) is 9.24. The molecule has 0 aliphatic carbocycles. The lowest BCUT2D eigenvalue weighted by Gasteiger charge is -2.09. The molecule has 0 radical (unpaired) electrons. The van der Waals surface area contributed by atoms with E-state index in [0.29, 0.717) is 12.6 Å². The minimum Gasteiger partial charge on any atom is -0.490 e. The maximum absolute atomic E-state index is 5.62. The number of nitrogens with zero attached hydrogens (tertiary/aromatic N) is 3. The summed E-state index contributed by atoms with van der Waals surface area (Å²) in [6.45, 7) is 6.35. The van der Waals surface area contributed by atoms with Crippen LogP contribution in [0.4, 0.5) is 0 Å². The minimum atomic E-state index is 0.465. The first-order valence-electron chi connectivity index (χ1n) is 6.52. The molecule has 2 rings (SSSR count). The Bertz CT molecular complexity index is 465. The van der Waals surface area contributed by atoms with Crippen LogP contribution in [-0.4, -0.2) is 27.4 Å². The zero-order chi connectivity index (χ0) is 13.5. The fraction of sp³-hybridized carbons (Fsp3) is 0.429. The van der Waals surface area contributed by atoms with Crippen LogP contribution in [0.2, 0.25) is 0 Å². The summed E-state index contributed by atoms with van der Waals surface area (Å²) in [6.07, 6.45) is 5.45. The summed E-state index contributed by atoms with van der Waals surface area (Å²) in [5.74, 6) is 0.792. The molecule has 0 saturated heterocycles. The van der Waals surface area contributed by atoms with Crippen molar-refractivity contribution < 1.29 is 4.74 Å². The first-order valence-corrected chi connectivity index (χ1v) is 6.52. The number of hydrogen-bond acceptors (Lipinski definition) is 4. The lowest BCUT2D eigenvalue weighted by Crippen LogP contribution is -2.22. The topological polar surface area (TPSA) is 52.0 Å². The van der Waals surface area contributed by atoms with E-state index in [1.54, 1.807) is 12.4 Å². The van der Waals surface area contributed by atoms with Gasteiger partial charge in [-0.05, 0) is 18.2 Å². The van der Waals surface area contributed by atoms with E-state index in [-0.39, 0.29) is 0 Å². The minimum absolute atomic E-state index is 0.465. The van der Waals surface area contributed by atoms with Crippen LogP contribution in [0.3, 0.4) is 0 Å². The van der Waals surface area contributed by atoms with Crippen LogP contribution >= 0.6 is 0 Å². The van der Waals surface area contributed by atoms with Gasteiger partial charge in [0.1, 0.15) is 12.4 Å². The molecule has 5 heteroatoms. The molecular weight excluding hydrogens is 240 g/mol. The molecule has 0 spiro atoms. The predicted octanol–water partition coefficient (Wildman–Crippen LogP) is 1.86. The van der Waals surface area contributed by atoms with Gasteiger partial charge >= 0.3 is 0 Å². The van der Waals surface area contributed by atoms with Gasteiger partial charge < -0.3 is 10.1 Å². The van der Waals surface area contributed by atoms with Crippen LogP contribution < -0.4 is 10.1 Å². The van der Waals surface area contributed by atoms with Gasteiger partial charge in [0.05, 0.1) is 18.4 Å². The molecule has 2 aromatic rings. The molecule has 2 heterocycles. The molecule has 19 heavy (non-hydrogen) atoms. The van der Waals surface area contributed by atoms with Gasteiger partial charge in [0.25, 0.3) is 0 Å². The fourth-order valence-electron chi connectivity index (χ4n) is 1.60. The summed E-state index contributed by atoms with van der Waals surface area (Å²) in [6, 6.07) is 6.30. The van der Waals surface area contributed by atoms with E-state index in [1.165, 1.54) is 0 Å². The van der Waals surface area contributed by atoms with Crippen LogP contribution in [0.25, 0.3) is 0 Å². The Morgan fingerprint density at radius 1 is 1.37 bits per heavy atom. The molecule has 102 valence electrons. The zero-order valence-electron chi connectivity index (χ0n) is 11.4. The van der Waals surface area contributed by atoms with Gasteiger partial charge in [0, 0.05) is 25.0 Å². The van der Waals surface area contributed by atoms with Gasteiger partial charge in [0.15, 0.2) is 0 Å². The molecule has 0 atom stereocenters. The third kappa shape index (κ3) is 4.71. The highest BCUT2D eigenvalue weighted by molar-refractivity contribution is 5.19. The van der Waals surface area contributed by atoms with Crippen LogP contribution in [0.5, 0.6) is 5.75 Å². The Kier molecular flexibility index (Phi) is 4.92. The third-order valence-corrected chi connectivity index (χ3v) is 2.64. The molecule has 0 aromatic carbocycles. The van der Waals surface area contributed by atoms with Crippen molar-refractivity contribution in [3.63, 3.8) is 0 Å². The van der Waals surface area contributed by atoms with Crippen LogP contribution in [-0.2, 0) is 13.1 Å². The van der Waals surface area contributed by atoms with Crippen molar-refractivity contribution in [2.75, 3.05) is 6.61 Å². The van der Waals surface area contributed by atoms with E-state index in [1.807, 2.05) is 29.1 Å². The van der Waals surface area contributed by atoms with E-state index in [9.17, 15) is 0 Å². The highest BCUT2D eigenvalue weighted by Gasteiger charge is 1.99. The van der Waals surface area contributed by atoms with Crippen molar-refractivity contribution in [2.24, 2.45) is 0 Å². The van der Waals surface area contributed by atoms with Crippen molar-refractivity contribution in [3.8, 4) is 5.75 Å². The zero-order valence-corrected chi connectivity index (χ0v) is 11.4. The van der Waals surface area contributed by atoms with Crippen molar-refractivity contribution in [2.45, 2.75) is 33.0 Å². The lowest BCUT2D eigenvalue weighted by atomic mass is 10.3. The summed E-state index contributed by atoms with van der Waals surface area (Å²) >= 11 is 0. The van der Waals surface area contributed by atoms with E-state index in [4.69, 9.17) is 4.74 Å². The second-order valence-electron chi connectivity index (χ2n) is 4.64. The van der Waals surface area contributed by atoms with Crippen LogP contribution in [0, 0.1) is 0 Å². The van der Waals surface area contributed by atoms with Crippen molar-refractivity contribution in [1.29, 1.82) is 0 Å². The summed E-state index contributed by atoms with van der Waals surface area (Å²) in [7, 11) is 0. The summed E-state index contributed by atoms with van der Waals surface area (Å²) in [4.78, 5) is 4.36. The Hall–Kier alpha value is -1.88. The lowest BCUT2D eigenvalue weighted by molar-refractivity contribution is 0.290. The molecule has 0 unspecified atom stereocenters. The number of rotatable bonds is 7. The molecule has 0 fully saturated rings. The SMILES string of the molecule is CC(C)NCc1ccc(OCCn2cccn2)cn1. The van der Waals surface area contributed by atoms with Gasteiger partial charge in [-0.2, -0.15) is 5.10 Å². The van der Waals surface area contributed by atoms with Crippen molar-refractivity contribution in [1.82, 2.24) is 20.1 Å². The largest absolute Gasteiger partial charge is 0.490 e. The van der Waals surface area contributed by atoms with Crippen molar-refractivity contribution in [3.05, 3.63) is 42.5 Å². The maximum Gasteiger partial charge on any atom is 0.137 e. The van der Waals surface area contributed by atoms with Crippen LogP contribution in [0.1, 0.15) is 19.5 Å². The molecule has 0 bridgehead atoms. The Morgan fingerprint density at radius 3 is 2.89 bits per heavy atom. The Morgan fingerprint density at radius 2 is 2.26 bits per heavy atom. The summed E-state index contributed by atoms with van der Waals surface area (Å²) in [5, 5.41) is 7.44. The molecule has 0 saturated carbocycles. The molecule has 0 aliphatic heterocycles. The summed E-state index contributed by atoms with van der Waals surface area (Å²) < 4.78 is 7.46. The second kappa shape index (κ2) is 6.89. The highest BCUT2D eigenvalue weighted by atomic mass is 16.5. The van der Waals surface area contributed by atoms with E-state index in [0.717, 1.165) is 24.5 Å². The van der Waals surface area contributed by atoms with Gasteiger partial charge in [0.2, 0.25) is 0 Å². The molecule has 2 aromatic heterocycles. The Labute approximate surface area is 113 Å². The monoisotopic (exact) mass is 260 g/mol. The normalized spacial score (nSPS) is 10.9. The van der Waals surface area contributed by atoms with Gasteiger partial charge in [-0.3, -0.25) is 9.67 Å². The number of ether oxygens (including phenoxy) is 1. The summed E-state index contributed by atoms with van der Waals surface area (Å²) in [5.41, 5.74) is 1.02. The molecular formula is C14H20N4O. The molecule has 0 amide bonds. The Balaban J connectivity index is 1.75. The number of nitrogens with one attached hydrogen (secondary N) is 1. The standard InChI is InChI=1S/C14H20N4O/c1-12(2)15-10-13-4-5-14(11-16-13)19-9-8-18-7-3-6-17-18/h3-7,11-12,15H,8-10H2,1-2H3. The highest BCUT2D eigenvalue weighted by Crippen LogP contribution is 2.09. The number of hydrogen-bond donors (Lipinski definition) is 1. The average molecular weight is 260 g/mol. The quantitative estimate of drug-likeness (QED) is 0.825. The smallest absolute Gasteiger partial charge is 0.137 e. The van der Waals surface area contributed by atoms with Gasteiger partial charge in [-0.15, -0.1) is 0 Å². The third-order valence-electron chi connectivity index (χ3n) is 2.64. The first kappa shape index (κ1) is 13.5. The fourth-order valence-corrected chi connectivity index (χ4v) is 1.60. The van der Waals surface area contributed by atoms with E-state index >= 15 is 0 Å². The van der Waals surface area contributed by atoms with Gasteiger partial charge in [-0.1, -0.05) is 13.8 Å². The van der Waals surface area contributed by atoms with E-state index < -0.39 is 0 Å². The van der Waals surface area contributed by atoms with E-state index in [2.05, 4.69) is 29.2 Å². The van der Waals surface area contributed by atoms with Crippen molar-refractivity contribution >= 4 is 0 Å². The number of pyridine rings is 1. The molecule has 0 aliphatic rings. The molecule has 1 N–H and O–H groups in total. The second-order valence-corrected chi connectivity index (χ2v) is 4.64. The molecule has 5 nitrogen and oxygen atoms in total.